The van der Waals surface area contributed by atoms with Crippen molar-refractivity contribution in [2.24, 2.45) is 5.84 Å². The average molecular weight is 254 g/mol. The van der Waals surface area contributed by atoms with E-state index in [4.69, 9.17) is 5.84 Å². The quantitative estimate of drug-likeness (QED) is 0.537. The molecule has 3 aromatic rings. The van der Waals surface area contributed by atoms with E-state index in [1.165, 1.54) is 11.9 Å². The van der Waals surface area contributed by atoms with Gasteiger partial charge in [-0.1, -0.05) is 12.1 Å². The highest BCUT2D eigenvalue weighted by molar-refractivity contribution is 5.86. The van der Waals surface area contributed by atoms with Crippen LogP contribution in [0.25, 0.3) is 16.7 Å². The van der Waals surface area contributed by atoms with Crippen LogP contribution in [-0.4, -0.2) is 19.7 Å². The second-order valence-electron chi connectivity index (χ2n) is 4.45. The number of benzene rings is 1. The van der Waals surface area contributed by atoms with Crippen molar-refractivity contribution < 1.29 is 0 Å². The van der Waals surface area contributed by atoms with E-state index in [2.05, 4.69) is 45.6 Å². The van der Waals surface area contributed by atoms with Gasteiger partial charge in [0.2, 0.25) is 0 Å². The number of anilines is 1. The third-order valence-corrected chi connectivity index (χ3v) is 3.10. The van der Waals surface area contributed by atoms with Crippen LogP contribution < -0.4 is 11.3 Å². The molecule has 2 heterocycles. The number of hydrazine groups is 1. The summed E-state index contributed by atoms with van der Waals surface area (Å²) in [5.74, 6) is 6.01. The number of hydrogen-bond donors (Lipinski definition) is 2. The summed E-state index contributed by atoms with van der Waals surface area (Å²) in [7, 11) is 0. The van der Waals surface area contributed by atoms with Crippen LogP contribution in [0.1, 0.15) is 11.1 Å². The molecule has 0 unspecified atom stereocenters. The summed E-state index contributed by atoms with van der Waals surface area (Å²) in [5, 5.41) is 5.19. The van der Waals surface area contributed by atoms with Crippen LogP contribution in [0.5, 0.6) is 0 Å². The zero-order chi connectivity index (χ0) is 13.4. The van der Waals surface area contributed by atoms with Crippen LogP contribution >= 0.6 is 0 Å². The summed E-state index contributed by atoms with van der Waals surface area (Å²) in [6.07, 6.45) is 3.19. The summed E-state index contributed by atoms with van der Waals surface area (Å²) in [4.78, 5) is 8.36. The molecule has 2 aromatic heterocycles. The number of nitrogens with one attached hydrogen (secondary N) is 1. The lowest BCUT2D eigenvalue weighted by atomic mass is 10.1. The lowest BCUT2D eigenvalue weighted by Crippen LogP contribution is -2.09. The Kier molecular flexibility index (Phi) is 2.64. The average Bonchev–Trinajstić information content (AvgIpc) is 2.85. The van der Waals surface area contributed by atoms with Gasteiger partial charge in [0.1, 0.15) is 6.33 Å². The molecule has 0 saturated carbocycles. The molecular weight excluding hydrogens is 240 g/mol. The maximum Gasteiger partial charge on any atom is 0.168 e. The molecule has 0 atom stereocenters. The van der Waals surface area contributed by atoms with Gasteiger partial charge in [0, 0.05) is 0 Å². The Morgan fingerprint density at radius 3 is 2.84 bits per heavy atom. The lowest BCUT2D eigenvalue weighted by Gasteiger charge is -2.08. The minimum absolute atomic E-state index is 0.571. The zero-order valence-electron chi connectivity index (χ0n) is 10.8. The van der Waals surface area contributed by atoms with Gasteiger partial charge in [-0.2, -0.15) is 5.10 Å². The largest absolute Gasteiger partial charge is 0.308 e. The molecule has 3 N–H and O–H groups in total. The second kappa shape index (κ2) is 4.33. The van der Waals surface area contributed by atoms with Crippen molar-refractivity contribution in [3.8, 4) is 5.69 Å². The number of aromatic nitrogens is 4. The Balaban J connectivity index is 2.29. The molecule has 6 nitrogen and oxygen atoms in total. The second-order valence-corrected chi connectivity index (χ2v) is 4.45. The number of hydrogen-bond acceptors (Lipinski definition) is 5. The van der Waals surface area contributed by atoms with E-state index in [-0.39, 0.29) is 0 Å². The third-order valence-electron chi connectivity index (χ3n) is 3.10. The van der Waals surface area contributed by atoms with Crippen molar-refractivity contribution in [2.45, 2.75) is 13.8 Å². The first kappa shape index (κ1) is 11.6. The Morgan fingerprint density at radius 1 is 1.21 bits per heavy atom. The number of rotatable bonds is 2. The lowest BCUT2D eigenvalue weighted by molar-refractivity contribution is 0.885. The minimum atomic E-state index is 0.571. The van der Waals surface area contributed by atoms with Gasteiger partial charge < -0.3 is 5.43 Å². The van der Waals surface area contributed by atoms with Gasteiger partial charge in [-0.25, -0.2) is 20.5 Å². The van der Waals surface area contributed by atoms with E-state index < -0.39 is 0 Å². The molecule has 0 aliphatic heterocycles. The number of nitrogens with two attached hydrogens (primary N) is 1. The molecule has 3 rings (SSSR count). The maximum absolute atomic E-state index is 5.44. The van der Waals surface area contributed by atoms with E-state index in [0.717, 1.165) is 22.3 Å². The van der Waals surface area contributed by atoms with Gasteiger partial charge in [-0.3, -0.25) is 0 Å². The molecule has 96 valence electrons. The molecule has 0 spiro atoms. The molecule has 0 fully saturated rings. The van der Waals surface area contributed by atoms with Gasteiger partial charge in [-0.15, -0.1) is 0 Å². The van der Waals surface area contributed by atoms with Crippen LogP contribution in [0.3, 0.4) is 0 Å². The summed E-state index contributed by atoms with van der Waals surface area (Å²) in [6, 6.07) is 6.23. The van der Waals surface area contributed by atoms with Crippen molar-refractivity contribution in [2.75, 3.05) is 5.43 Å². The maximum atomic E-state index is 5.44. The molecule has 0 aliphatic rings. The van der Waals surface area contributed by atoms with E-state index in [9.17, 15) is 0 Å². The Morgan fingerprint density at radius 2 is 2.05 bits per heavy atom. The predicted octanol–water partition coefficient (Wildman–Crippen LogP) is 1.72. The molecule has 6 heteroatoms. The number of aryl methyl sites for hydroxylation is 2. The summed E-state index contributed by atoms with van der Waals surface area (Å²) < 4.78 is 1.81. The Bertz CT molecular complexity index is 746. The first-order chi connectivity index (χ1) is 9.20. The van der Waals surface area contributed by atoms with E-state index in [1.54, 1.807) is 10.9 Å². The molecule has 0 saturated heterocycles. The Hall–Kier alpha value is -2.47. The fourth-order valence-corrected chi connectivity index (χ4v) is 2.08. The van der Waals surface area contributed by atoms with Crippen molar-refractivity contribution in [1.82, 2.24) is 19.7 Å². The first-order valence-corrected chi connectivity index (χ1v) is 5.93. The standard InChI is InChI=1S/C13H14N6/c1-8-3-4-9(2)11(5-8)19-13-10(6-17-19)12(18-14)15-7-16-13/h3-7H,14H2,1-2H3,(H,15,16,18). The van der Waals surface area contributed by atoms with Crippen molar-refractivity contribution >= 4 is 16.9 Å². The van der Waals surface area contributed by atoms with Crippen molar-refractivity contribution in [3.05, 3.63) is 41.9 Å². The fourth-order valence-electron chi connectivity index (χ4n) is 2.08. The minimum Gasteiger partial charge on any atom is -0.308 e. The molecule has 0 aliphatic carbocycles. The highest BCUT2D eigenvalue weighted by Crippen LogP contribution is 2.23. The van der Waals surface area contributed by atoms with Gasteiger partial charge in [-0.05, 0) is 31.0 Å². The zero-order valence-corrected chi connectivity index (χ0v) is 10.8. The third kappa shape index (κ3) is 1.82. The summed E-state index contributed by atoms with van der Waals surface area (Å²) in [5.41, 5.74) is 6.61. The molecule has 19 heavy (non-hydrogen) atoms. The van der Waals surface area contributed by atoms with Crippen LogP contribution in [0.15, 0.2) is 30.7 Å². The highest BCUT2D eigenvalue weighted by Gasteiger charge is 2.11. The van der Waals surface area contributed by atoms with E-state index in [0.29, 0.717) is 5.82 Å². The van der Waals surface area contributed by atoms with Crippen LogP contribution in [0.2, 0.25) is 0 Å². The van der Waals surface area contributed by atoms with Gasteiger partial charge in [0.25, 0.3) is 0 Å². The predicted molar refractivity (Wildman–Crippen MR) is 73.9 cm³/mol. The molecule has 0 bridgehead atoms. The Labute approximate surface area is 110 Å². The molecule has 0 amide bonds. The normalized spacial score (nSPS) is 10.9. The van der Waals surface area contributed by atoms with Crippen molar-refractivity contribution in [3.63, 3.8) is 0 Å². The van der Waals surface area contributed by atoms with Gasteiger partial charge in [0.15, 0.2) is 11.5 Å². The van der Waals surface area contributed by atoms with Gasteiger partial charge >= 0.3 is 0 Å². The van der Waals surface area contributed by atoms with E-state index in [1.807, 2.05) is 6.92 Å². The number of fused-ring (bicyclic) bond motifs is 1. The molecule has 1 aromatic carbocycles. The summed E-state index contributed by atoms with van der Waals surface area (Å²) >= 11 is 0. The highest BCUT2D eigenvalue weighted by atomic mass is 15.3. The summed E-state index contributed by atoms with van der Waals surface area (Å²) in [6.45, 7) is 4.10. The number of nitrogens with zero attached hydrogens (tertiary/aromatic N) is 4. The monoisotopic (exact) mass is 254 g/mol. The SMILES string of the molecule is Cc1ccc(C)c(-n2ncc3c(NN)ncnc32)c1. The smallest absolute Gasteiger partial charge is 0.168 e. The molecular formula is C13H14N6. The van der Waals surface area contributed by atoms with Crippen LogP contribution in [0.4, 0.5) is 5.82 Å². The number of nitrogen functional groups attached to an aromatic ring is 1. The van der Waals surface area contributed by atoms with Gasteiger partial charge in [0.05, 0.1) is 17.3 Å². The van der Waals surface area contributed by atoms with Crippen LogP contribution in [0, 0.1) is 13.8 Å². The van der Waals surface area contributed by atoms with Crippen molar-refractivity contribution in [1.29, 1.82) is 0 Å². The topological polar surface area (TPSA) is 81.7 Å². The molecule has 0 radical (unpaired) electrons. The first-order valence-electron chi connectivity index (χ1n) is 5.93. The van der Waals surface area contributed by atoms with Crippen LogP contribution in [-0.2, 0) is 0 Å². The van der Waals surface area contributed by atoms with E-state index >= 15 is 0 Å². The fraction of sp³-hybridized carbons (Fsp3) is 0.154.